The van der Waals surface area contributed by atoms with E-state index in [-0.39, 0.29) is 0 Å². The summed E-state index contributed by atoms with van der Waals surface area (Å²) in [7, 11) is -11.5. The van der Waals surface area contributed by atoms with Crippen molar-refractivity contribution in [1.82, 2.24) is 9.55 Å². The number of aliphatic hydroxyl groups is 7. The quantitative estimate of drug-likeness (QED) is 0.103. The van der Waals surface area contributed by atoms with Gasteiger partial charge in [-0.1, -0.05) is 0 Å². The molecule has 22 heteroatoms. The summed E-state index contributed by atoms with van der Waals surface area (Å²) in [5.74, 6) is -2.14. The van der Waals surface area contributed by atoms with Crippen molar-refractivity contribution in [2.24, 2.45) is 0 Å². The Balaban J connectivity index is 2.18. The number of aromatic nitrogens is 2. The number of phosphoric acid groups is 2. The van der Waals surface area contributed by atoms with E-state index in [9.17, 15) is 54.2 Å². The lowest BCUT2D eigenvalue weighted by Gasteiger charge is -2.26. The average molecular weight is 582 g/mol. The van der Waals surface area contributed by atoms with Crippen LogP contribution in [0.5, 0.6) is 0 Å². The van der Waals surface area contributed by atoms with E-state index in [1.54, 1.807) is 0 Å². The normalized spacial score (nSPS) is 27.2. The number of H-pyrrole nitrogens is 1. The third-order valence-electron chi connectivity index (χ3n) is 4.76. The molecule has 1 aliphatic rings. The van der Waals surface area contributed by atoms with Crippen molar-refractivity contribution in [3.05, 3.63) is 33.1 Å². The van der Waals surface area contributed by atoms with Crippen LogP contribution in [0.25, 0.3) is 0 Å². The Morgan fingerprint density at radius 3 is 2.27 bits per heavy atom. The van der Waals surface area contributed by atoms with E-state index in [1.165, 1.54) is 0 Å². The van der Waals surface area contributed by atoms with Crippen LogP contribution in [0.15, 0.2) is 21.9 Å². The largest absolute Gasteiger partial charge is 0.541 e. The molecule has 0 amide bonds. The van der Waals surface area contributed by atoms with Crippen molar-refractivity contribution < 1.29 is 77.6 Å². The van der Waals surface area contributed by atoms with Crippen LogP contribution in [-0.2, 0) is 32.0 Å². The van der Waals surface area contributed by atoms with Gasteiger partial charge in [0.1, 0.15) is 36.6 Å². The first kappa shape index (κ1) is 31.3. The molecule has 0 aromatic carbocycles. The van der Waals surface area contributed by atoms with Crippen molar-refractivity contribution in [2.75, 3.05) is 13.2 Å². The van der Waals surface area contributed by atoms with Gasteiger partial charge in [0.25, 0.3) is 5.56 Å². The first-order chi connectivity index (χ1) is 17.0. The third-order valence-corrected chi connectivity index (χ3v) is 7.28. The van der Waals surface area contributed by atoms with E-state index in [0.29, 0.717) is 4.57 Å². The molecule has 0 bridgehead atoms. The molecule has 0 aliphatic carbocycles. The van der Waals surface area contributed by atoms with Crippen LogP contribution in [0.4, 0.5) is 0 Å². The summed E-state index contributed by atoms with van der Waals surface area (Å²) in [6.45, 7) is -2.31. The Hall–Kier alpha value is -1.87. The molecule has 9 atom stereocenters. The molecule has 2 rings (SSSR count). The topological polar surface area (TPSA) is 325 Å². The molecule has 10 N–H and O–H groups in total. The number of carbonyl (C=O) groups excluding carboxylic acids is 1. The van der Waals surface area contributed by atoms with Gasteiger partial charge in [-0.05, 0) is 0 Å². The zero-order chi connectivity index (χ0) is 28.3. The van der Waals surface area contributed by atoms with Crippen molar-refractivity contribution in [1.29, 1.82) is 0 Å². The zero-order valence-electron chi connectivity index (χ0n) is 18.2. The highest BCUT2D eigenvalue weighted by Gasteiger charge is 2.48. The maximum atomic E-state index is 12.7. The second-order valence-electron chi connectivity index (χ2n) is 7.47. The van der Waals surface area contributed by atoms with Crippen LogP contribution in [0, 0.1) is 0 Å². The van der Waals surface area contributed by atoms with Crippen LogP contribution in [0.3, 0.4) is 0 Å². The van der Waals surface area contributed by atoms with Gasteiger partial charge in [0.15, 0.2) is 12.3 Å². The van der Waals surface area contributed by atoms with Gasteiger partial charge < -0.3 is 54.8 Å². The van der Waals surface area contributed by atoms with Gasteiger partial charge in [-0.2, -0.15) is 4.31 Å². The Morgan fingerprint density at radius 1 is 1.11 bits per heavy atom. The van der Waals surface area contributed by atoms with E-state index in [0.717, 1.165) is 12.3 Å². The molecule has 1 fully saturated rings. The Morgan fingerprint density at radius 2 is 1.73 bits per heavy atom. The van der Waals surface area contributed by atoms with E-state index < -0.39 is 95.0 Å². The average Bonchev–Trinajstić information content (AvgIpc) is 3.08. The Labute approximate surface area is 204 Å². The fourth-order valence-corrected chi connectivity index (χ4v) is 4.99. The van der Waals surface area contributed by atoms with Crippen molar-refractivity contribution in [3.8, 4) is 0 Å². The number of carbonyl (C=O) groups is 1. The third kappa shape index (κ3) is 8.06. The van der Waals surface area contributed by atoms with Gasteiger partial charge in [-0.25, -0.2) is 18.7 Å². The lowest BCUT2D eigenvalue weighted by Crippen LogP contribution is -2.49. The van der Waals surface area contributed by atoms with Gasteiger partial charge >= 0.3 is 27.3 Å². The second-order valence-corrected chi connectivity index (χ2v) is 10.4. The van der Waals surface area contributed by atoms with E-state index in [2.05, 4.69) is 13.4 Å². The highest BCUT2D eigenvalue weighted by molar-refractivity contribution is 7.61. The van der Waals surface area contributed by atoms with Crippen molar-refractivity contribution in [3.63, 3.8) is 0 Å². The highest BCUT2D eigenvalue weighted by Crippen LogP contribution is 2.61. The fourth-order valence-electron chi connectivity index (χ4n) is 2.91. The molecule has 1 aromatic heterocycles. The number of hydrogen-bond acceptors (Lipinski definition) is 16. The number of hydrogen-bond donors (Lipinski definition) is 10. The number of phosphoric ester groups is 1. The number of aromatic amines is 1. The van der Waals surface area contributed by atoms with Crippen LogP contribution in [-0.4, -0.2) is 117 Å². The number of nitrogens with one attached hydrogen (secondary N) is 1. The number of rotatable bonds is 12. The number of aliphatic hydroxyl groups excluding tert-OH is 7. The van der Waals surface area contributed by atoms with Gasteiger partial charge in [-0.3, -0.25) is 18.9 Å². The van der Waals surface area contributed by atoms with Gasteiger partial charge in [0.2, 0.25) is 0 Å². The zero-order valence-corrected chi connectivity index (χ0v) is 20.0. The molecule has 0 radical (unpaired) electrons. The molecule has 212 valence electrons. The number of ether oxygens (including phenoxy) is 1. The summed E-state index contributed by atoms with van der Waals surface area (Å²) >= 11 is 0. The Kier molecular flexibility index (Phi) is 10.4. The minimum absolute atomic E-state index is 0.658. The number of nitrogens with zero attached hydrogens (tertiary/aromatic N) is 1. The van der Waals surface area contributed by atoms with Crippen LogP contribution in [0.2, 0.25) is 0 Å². The maximum Gasteiger partial charge on any atom is 0.541 e. The smallest absolute Gasteiger partial charge is 0.394 e. The fraction of sp³-hybridized carbons (Fsp3) is 0.667. The van der Waals surface area contributed by atoms with Crippen LogP contribution < -0.4 is 11.2 Å². The summed E-state index contributed by atoms with van der Waals surface area (Å²) in [4.78, 5) is 55.0. The molecule has 0 saturated carbocycles. The molecule has 20 nitrogen and oxygen atoms in total. The first-order valence-electron chi connectivity index (χ1n) is 9.90. The monoisotopic (exact) mass is 582 g/mol. The summed E-state index contributed by atoms with van der Waals surface area (Å²) < 4.78 is 42.3. The van der Waals surface area contributed by atoms with Gasteiger partial charge in [-0.15, -0.1) is 0 Å². The maximum absolute atomic E-state index is 12.7. The molecule has 1 aliphatic heterocycles. The van der Waals surface area contributed by atoms with E-state index >= 15 is 0 Å². The molecule has 37 heavy (non-hydrogen) atoms. The van der Waals surface area contributed by atoms with E-state index in [4.69, 9.17) is 19.6 Å². The predicted molar refractivity (Wildman–Crippen MR) is 111 cm³/mol. The molecule has 1 aromatic rings. The second kappa shape index (κ2) is 12.3. The Bertz CT molecular complexity index is 1150. The molecular formula is C15H24N2O18P2. The lowest BCUT2D eigenvalue weighted by molar-refractivity contribution is -0.163. The minimum atomic E-state index is -5.76. The molecule has 1 saturated heterocycles. The summed E-state index contributed by atoms with van der Waals surface area (Å²) in [5, 5.41) is 67.4. The van der Waals surface area contributed by atoms with Gasteiger partial charge in [0.05, 0.1) is 13.2 Å². The van der Waals surface area contributed by atoms with Crippen LogP contribution >= 0.6 is 15.6 Å². The summed E-state index contributed by atoms with van der Waals surface area (Å²) in [6.07, 6.45) is -16.0. The molecule has 2 heterocycles. The summed E-state index contributed by atoms with van der Waals surface area (Å²) in [5.41, 5.74) is -1.85. The van der Waals surface area contributed by atoms with Gasteiger partial charge in [0, 0.05) is 12.3 Å². The van der Waals surface area contributed by atoms with Crippen LogP contribution in [0.1, 0.15) is 6.23 Å². The minimum Gasteiger partial charge on any atom is -0.394 e. The summed E-state index contributed by atoms with van der Waals surface area (Å²) in [6, 6.07) is 0.880. The molecule has 0 spiro atoms. The first-order valence-corrected chi connectivity index (χ1v) is 12.9. The SMILES string of the molecule is O=C(OP(=O)(OC[C@@H]1O[C@H](n2ccc(=O)[nH]c2=O)C(O)C1O)OP(=O)(O)O)[C@H](O)[C@@H](O)[C@H](O)[C@H](O)CO. The van der Waals surface area contributed by atoms with Crippen molar-refractivity contribution in [2.45, 2.75) is 49.0 Å². The van der Waals surface area contributed by atoms with E-state index in [1.807, 2.05) is 4.98 Å². The van der Waals surface area contributed by atoms with Crippen molar-refractivity contribution >= 4 is 21.6 Å². The lowest BCUT2D eigenvalue weighted by atomic mass is 10.0. The molecular weight excluding hydrogens is 558 g/mol. The highest BCUT2D eigenvalue weighted by atomic mass is 31.3. The predicted octanol–water partition coefficient (Wildman–Crippen LogP) is -5.63. The molecule has 3 unspecified atom stereocenters. The standard InChI is InChI=1S/C15H24N2O18P2/c18-3-5(19)8(21)10(23)12(25)14(26)34-37(31,35-36(28,29)30)32-4-6-9(22)11(24)13(33-6)17-2-1-7(20)16-15(17)27/h1-2,5-6,8-13,18-19,21-25H,3-4H2,(H,16,20,27)(H2,28,29,30)/t5-,6+,8-,9?,10+,11?,12-,13+,37?/m1/s1.